The molecule has 266 valence electrons. The number of aryl methyl sites for hydroxylation is 1. The molecule has 1 aliphatic rings. The molecule has 1 aromatic rings. The van der Waals surface area contributed by atoms with E-state index in [1.807, 2.05) is 18.2 Å². The van der Waals surface area contributed by atoms with Crippen molar-refractivity contribution >= 4 is 5.91 Å². The van der Waals surface area contributed by atoms with Crippen LogP contribution >= 0.6 is 0 Å². The molecular weight excluding hydrogens is 590 g/mol. The number of hydrogen-bond donors (Lipinski definition) is 7. The van der Waals surface area contributed by atoms with Crippen molar-refractivity contribution in [2.75, 3.05) is 13.2 Å². The van der Waals surface area contributed by atoms with Gasteiger partial charge in [-0.2, -0.15) is 0 Å². The Morgan fingerprint density at radius 1 is 0.804 bits per heavy atom. The number of nitrogens with one attached hydrogen (secondary N) is 1. The lowest BCUT2D eigenvalue weighted by atomic mass is 9.98. The fraction of sp³-hybridized carbons (Fsp3) is 0.806. The molecule has 0 unspecified atom stereocenters. The zero-order valence-corrected chi connectivity index (χ0v) is 28.1. The number of ether oxygens (including phenoxy) is 2. The summed E-state index contributed by atoms with van der Waals surface area (Å²) in [6.45, 7) is 1.31. The van der Waals surface area contributed by atoms with E-state index >= 15 is 0 Å². The average molecular weight is 654 g/mol. The van der Waals surface area contributed by atoms with Crippen LogP contribution in [0.4, 0.5) is 0 Å². The van der Waals surface area contributed by atoms with E-state index in [1.54, 1.807) is 0 Å². The Bertz CT molecular complexity index is 889. The summed E-state index contributed by atoms with van der Waals surface area (Å²) >= 11 is 0. The van der Waals surface area contributed by atoms with Gasteiger partial charge in [0.15, 0.2) is 6.29 Å². The van der Waals surface area contributed by atoms with Crippen LogP contribution in [0.15, 0.2) is 30.3 Å². The third-order valence-corrected chi connectivity index (χ3v) is 9.01. The standard InChI is InChI=1S/C36H63NO9/c1-2-3-4-5-6-7-8-9-10-11-12-18-23-29(39)32(41)28(26-45-36-35(44)34(43)33(42)30(25-38)46-36)37-31(40)24-19-14-17-22-27-20-15-13-16-21-27/h13,15-16,20-21,28-30,32-36,38-39,41-44H,2-12,14,17-19,22-26H2,1H3,(H,37,40)/t28-,29+,30+,32-,33+,34-,35+,36+/m0/s1. The first-order chi connectivity index (χ1) is 22.3. The molecule has 0 radical (unpaired) electrons. The highest BCUT2D eigenvalue weighted by molar-refractivity contribution is 5.76. The molecule has 10 nitrogen and oxygen atoms in total. The molecule has 0 aromatic heterocycles. The summed E-state index contributed by atoms with van der Waals surface area (Å²) in [5.74, 6) is -0.293. The summed E-state index contributed by atoms with van der Waals surface area (Å²) in [6, 6.07) is 9.15. The first-order valence-electron chi connectivity index (χ1n) is 17.9. The third-order valence-electron chi connectivity index (χ3n) is 9.01. The molecular formula is C36H63NO9. The van der Waals surface area contributed by atoms with E-state index in [9.17, 15) is 35.4 Å². The number of carbonyl (C=O) groups is 1. The van der Waals surface area contributed by atoms with Crippen molar-refractivity contribution < 1.29 is 44.9 Å². The van der Waals surface area contributed by atoms with Gasteiger partial charge in [0.2, 0.25) is 5.91 Å². The maximum Gasteiger partial charge on any atom is 0.220 e. The summed E-state index contributed by atoms with van der Waals surface area (Å²) in [5, 5.41) is 64.6. The molecule has 1 aromatic carbocycles. The first-order valence-corrected chi connectivity index (χ1v) is 17.9. The van der Waals surface area contributed by atoms with E-state index in [4.69, 9.17) is 9.47 Å². The minimum atomic E-state index is -1.61. The van der Waals surface area contributed by atoms with E-state index in [-0.39, 0.29) is 18.9 Å². The summed E-state index contributed by atoms with van der Waals surface area (Å²) in [4.78, 5) is 12.8. The highest BCUT2D eigenvalue weighted by atomic mass is 16.7. The maximum atomic E-state index is 12.8. The molecule has 1 aliphatic heterocycles. The van der Waals surface area contributed by atoms with Gasteiger partial charge in [0.25, 0.3) is 0 Å². The van der Waals surface area contributed by atoms with E-state index in [0.717, 1.165) is 44.9 Å². The van der Waals surface area contributed by atoms with Gasteiger partial charge >= 0.3 is 0 Å². The molecule has 46 heavy (non-hydrogen) atoms. The second-order valence-corrected chi connectivity index (χ2v) is 13.0. The van der Waals surface area contributed by atoms with E-state index in [0.29, 0.717) is 12.8 Å². The topological polar surface area (TPSA) is 169 Å². The Morgan fingerprint density at radius 3 is 2.00 bits per heavy atom. The Labute approximate surface area is 276 Å². The van der Waals surface area contributed by atoms with Crippen LogP contribution in [-0.4, -0.2) is 98.7 Å². The van der Waals surface area contributed by atoms with Crippen molar-refractivity contribution in [2.24, 2.45) is 0 Å². The van der Waals surface area contributed by atoms with Crippen LogP contribution in [0.25, 0.3) is 0 Å². The molecule has 1 amide bonds. The predicted molar refractivity (Wildman–Crippen MR) is 178 cm³/mol. The predicted octanol–water partition coefficient (Wildman–Crippen LogP) is 3.90. The summed E-state index contributed by atoms with van der Waals surface area (Å²) in [6.07, 6.45) is 8.55. The lowest BCUT2D eigenvalue weighted by Crippen LogP contribution is -2.60. The molecule has 0 spiro atoms. The molecule has 0 saturated carbocycles. The average Bonchev–Trinajstić information content (AvgIpc) is 3.06. The zero-order chi connectivity index (χ0) is 33.6. The smallest absolute Gasteiger partial charge is 0.220 e. The Hall–Kier alpha value is -1.63. The monoisotopic (exact) mass is 653 g/mol. The van der Waals surface area contributed by atoms with Gasteiger partial charge in [0.1, 0.15) is 30.5 Å². The molecule has 2 rings (SSSR count). The van der Waals surface area contributed by atoms with Crippen LogP contribution < -0.4 is 5.32 Å². The van der Waals surface area contributed by atoms with Gasteiger partial charge in [-0.25, -0.2) is 0 Å². The maximum absolute atomic E-state index is 12.8. The number of rotatable bonds is 26. The number of aliphatic hydroxyl groups excluding tert-OH is 6. The van der Waals surface area contributed by atoms with Crippen molar-refractivity contribution in [1.82, 2.24) is 5.32 Å². The van der Waals surface area contributed by atoms with Gasteiger partial charge < -0.3 is 45.4 Å². The van der Waals surface area contributed by atoms with E-state index < -0.39 is 55.6 Å². The number of amides is 1. The minimum absolute atomic E-state index is 0.243. The van der Waals surface area contributed by atoms with Crippen LogP contribution in [0.2, 0.25) is 0 Å². The van der Waals surface area contributed by atoms with Gasteiger partial charge in [-0.15, -0.1) is 0 Å². The lowest BCUT2D eigenvalue weighted by molar-refractivity contribution is -0.303. The fourth-order valence-electron chi connectivity index (χ4n) is 5.98. The number of hydrogen-bond acceptors (Lipinski definition) is 9. The van der Waals surface area contributed by atoms with Crippen molar-refractivity contribution in [3.63, 3.8) is 0 Å². The lowest BCUT2D eigenvalue weighted by Gasteiger charge is -2.40. The van der Waals surface area contributed by atoms with Crippen LogP contribution in [-0.2, 0) is 20.7 Å². The molecule has 10 heteroatoms. The summed E-state index contributed by atoms with van der Waals surface area (Å²) in [7, 11) is 0. The number of unbranched alkanes of at least 4 members (excludes halogenated alkanes) is 13. The fourth-order valence-corrected chi connectivity index (χ4v) is 5.98. The highest BCUT2D eigenvalue weighted by Gasteiger charge is 2.44. The van der Waals surface area contributed by atoms with Gasteiger partial charge in [-0.05, 0) is 31.2 Å². The van der Waals surface area contributed by atoms with Crippen LogP contribution in [0, 0.1) is 0 Å². The van der Waals surface area contributed by atoms with Crippen LogP contribution in [0.5, 0.6) is 0 Å². The number of aliphatic hydroxyl groups is 6. The van der Waals surface area contributed by atoms with E-state index in [1.165, 1.54) is 56.9 Å². The first kappa shape index (κ1) is 40.5. The Balaban J connectivity index is 1.79. The van der Waals surface area contributed by atoms with Crippen LogP contribution in [0.3, 0.4) is 0 Å². The van der Waals surface area contributed by atoms with E-state index in [2.05, 4.69) is 24.4 Å². The Kier molecular flexibility index (Phi) is 21.6. The molecule has 7 N–H and O–H groups in total. The Morgan fingerprint density at radius 2 is 1.39 bits per heavy atom. The quantitative estimate of drug-likeness (QED) is 0.0734. The second kappa shape index (κ2) is 24.5. The molecule has 0 bridgehead atoms. The zero-order valence-electron chi connectivity index (χ0n) is 28.1. The van der Waals surface area contributed by atoms with Gasteiger partial charge in [0, 0.05) is 6.42 Å². The SMILES string of the molecule is CCCCCCCCCCCCCC[C@@H](O)[C@@H](O)[C@H](CO[C@@H]1O[C@H](CO)[C@@H](O)[C@H](O)[C@H]1O)NC(=O)CCCCCc1ccccc1. The normalized spacial score (nSPS) is 23.6. The highest BCUT2D eigenvalue weighted by Crippen LogP contribution is 2.23. The number of benzene rings is 1. The van der Waals surface area contributed by atoms with Gasteiger partial charge in [-0.3, -0.25) is 4.79 Å². The van der Waals surface area contributed by atoms with Crippen molar-refractivity contribution in [1.29, 1.82) is 0 Å². The molecule has 1 heterocycles. The molecule has 1 fully saturated rings. The molecule has 1 saturated heterocycles. The minimum Gasteiger partial charge on any atom is -0.394 e. The summed E-state index contributed by atoms with van der Waals surface area (Å²) in [5.41, 5.74) is 1.25. The third kappa shape index (κ3) is 16.0. The molecule has 0 aliphatic carbocycles. The van der Waals surface area contributed by atoms with Crippen molar-refractivity contribution in [3.05, 3.63) is 35.9 Å². The second-order valence-electron chi connectivity index (χ2n) is 13.0. The van der Waals surface area contributed by atoms with Gasteiger partial charge in [0.05, 0.1) is 25.4 Å². The largest absolute Gasteiger partial charge is 0.394 e. The number of carbonyl (C=O) groups excluding carboxylic acids is 1. The van der Waals surface area contributed by atoms with Crippen LogP contribution in [0.1, 0.15) is 122 Å². The van der Waals surface area contributed by atoms with Crippen molar-refractivity contribution in [2.45, 2.75) is 171 Å². The van der Waals surface area contributed by atoms with Gasteiger partial charge in [-0.1, -0.05) is 121 Å². The van der Waals surface area contributed by atoms with Crippen molar-refractivity contribution in [3.8, 4) is 0 Å². The molecule has 8 atom stereocenters. The summed E-state index contributed by atoms with van der Waals surface area (Å²) < 4.78 is 11.1.